The van der Waals surface area contributed by atoms with E-state index >= 15 is 0 Å². The summed E-state index contributed by atoms with van der Waals surface area (Å²) in [6, 6.07) is 9.70. The number of rotatable bonds is 4. The highest BCUT2D eigenvalue weighted by molar-refractivity contribution is 5.96. The summed E-state index contributed by atoms with van der Waals surface area (Å²) in [7, 11) is 1.28. The molecule has 0 unspecified atom stereocenters. The monoisotopic (exact) mass is 298 g/mol. The van der Waals surface area contributed by atoms with Crippen LogP contribution in [0, 0.1) is 11.3 Å². The molecule has 2 aromatic rings. The first-order chi connectivity index (χ1) is 10.5. The van der Waals surface area contributed by atoms with E-state index in [9.17, 15) is 4.79 Å². The van der Waals surface area contributed by atoms with Crippen molar-refractivity contribution in [3.8, 4) is 11.8 Å². The van der Waals surface area contributed by atoms with Crippen LogP contribution >= 0.6 is 0 Å². The summed E-state index contributed by atoms with van der Waals surface area (Å²) in [6.07, 6.45) is 1.54. The molecule has 0 aliphatic carbocycles. The summed E-state index contributed by atoms with van der Waals surface area (Å²) >= 11 is 0. The SMILES string of the molecule is COC(=O)c1c(N)c(C#N)cn1-c1ccccc1NC(C)C. The van der Waals surface area contributed by atoms with Gasteiger partial charge in [0.05, 0.1) is 29.7 Å². The van der Waals surface area contributed by atoms with Gasteiger partial charge in [0, 0.05) is 12.2 Å². The molecule has 0 spiro atoms. The molecule has 1 heterocycles. The number of nitrogens with one attached hydrogen (secondary N) is 1. The molecule has 6 nitrogen and oxygen atoms in total. The zero-order valence-electron chi connectivity index (χ0n) is 12.8. The number of aromatic nitrogens is 1. The van der Waals surface area contributed by atoms with Crippen LogP contribution in [0.2, 0.25) is 0 Å². The van der Waals surface area contributed by atoms with Gasteiger partial charge in [-0.1, -0.05) is 12.1 Å². The van der Waals surface area contributed by atoms with Crippen LogP contribution in [0.3, 0.4) is 0 Å². The maximum Gasteiger partial charge on any atom is 0.357 e. The van der Waals surface area contributed by atoms with Crippen LogP contribution in [0.25, 0.3) is 5.69 Å². The lowest BCUT2D eigenvalue weighted by Gasteiger charge is -2.16. The summed E-state index contributed by atoms with van der Waals surface area (Å²) in [5, 5.41) is 12.5. The molecule has 0 fully saturated rings. The van der Waals surface area contributed by atoms with Crippen molar-refractivity contribution < 1.29 is 9.53 Å². The highest BCUT2D eigenvalue weighted by Crippen LogP contribution is 2.28. The fraction of sp³-hybridized carbons (Fsp3) is 0.250. The Labute approximate surface area is 129 Å². The Hall–Kier alpha value is -2.94. The van der Waals surface area contributed by atoms with Crippen molar-refractivity contribution in [3.63, 3.8) is 0 Å². The van der Waals surface area contributed by atoms with Crippen molar-refractivity contribution in [1.82, 2.24) is 4.57 Å². The van der Waals surface area contributed by atoms with E-state index < -0.39 is 5.97 Å². The van der Waals surface area contributed by atoms with Gasteiger partial charge in [0.2, 0.25) is 0 Å². The van der Waals surface area contributed by atoms with Crippen LogP contribution in [0.1, 0.15) is 29.9 Å². The van der Waals surface area contributed by atoms with Crippen molar-refractivity contribution in [2.45, 2.75) is 19.9 Å². The number of nitrogens with two attached hydrogens (primary N) is 1. The Morgan fingerprint density at radius 3 is 2.68 bits per heavy atom. The van der Waals surface area contributed by atoms with Gasteiger partial charge < -0.3 is 20.4 Å². The lowest BCUT2D eigenvalue weighted by molar-refractivity contribution is 0.0593. The number of nitrogens with zero attached hydrogens (tertiary/aromatic N) is 2. The van der Waals surface area contributed by atoms with E-state index in [4.69, 9.17) is 15.7 Å². The molecule has 2 rings (SSSR count). The van der Waals surface area contributed by atoms with Crippen LogP contribution in [0.15, 0.2) is 30.5 Å². The molecule has 6 heteroatoms. The molecule has 22 heavy (non-hydrogen) atoms. The molecule has 0 saturated heterocycles. The van der Waals surface area contributed by atoms with Gasteiger partial charge in [-0.25, -0.2) is 4.79 Å². The zero-order chi connectivity index (χ0) is 16.3. The number of hydrogen-bond acceptors (Lipinski definition) is 5. The Morgan fingerprint density at radius 2 is 2.09 bits per heavy atom. The summed E-state index contributed by atoms with van der Waals surface area (Å²) < 4.78 is 6.38. The molecule has 1 aromatic heterocycles. The summed E-state index contributed by atoms with van der Waals surface area (Å²) in [5.74, 6) is -0.585. The van der Waals surface area contributed by atoms with Gasteiger partial charge in [0.25, 0.3) is 0 Å². The quantitative estimate of drug-likeness (QED) is 0.846. The maximum atomic E-state index is 12.0. The van der Waals surface area contributed by atoms with Crippen LogP contribution < -0.4 is 11.1 Å². The van der Waals surface area contributed by atoms with Crippen LogP contribution in [0.5, 0.6) is 0 Å². The van der Waals surface area contributed by atoms with Gasteiger partial charge in [-0.3, -0.25) is 0 Å². The molecule has 0 bridgehead atoms. The Morgan fingerprint density at radius 1 is 1.41 bits per heavy atom. The second kappa shape index (κ2) is 6.22. The lowest BCUT2D eigenvalue weighted by Crippen LogP contribution is -2.15. The highest BCUT2D eigenvalue weighted by Gasteiger charge is 2.22. The number of ether oxygens (including phenoxy) is 1. The molecular formula is C16H18N4O2. The van der Waals surface area contributed by atoms with Gasteiger partial charge in [-0.05, 0) is 26.0 Å². The van der Waals surface area contributed by atoms with Gasteiger partial charge in [0.15, 0.2) is 5.69 Å². The predicted octanol–water partition coefficient (Wildman–Crippen LogP) is 2.54. The highest BCUT2D eigenvalue weighted by atomic mass is 16.5. The number of carbonyl (C=O) groups is 1. The second-order valence-corrected chi connectivity index (χ2v) is 5.09. The van der Waals surface area contributed by atoms with Crippen molar-refractivity contribution in [3.05, 3.63) is 41.7 Å². The fourth-order valence-electron chi connectivity index (χ4n) is 2.22. The average Bonchev–Trinajstić information content (AvgIpc) is 2.83. The third-order valence-electron chi connectivity index (χ3n) is 3.15. The van der Waals surface area contributed by atoms with Gasteiger partial charge >= 0.3 is 5.97 Å². The van der Waals surface area contributed by atoms with E-state index in [0.717, 1.165) is 11.4 Å². The molecule has 0 saturated carbocycles. The van der Waals surface area contributed by atoms with Crippen molar-refractivity contribution >= 4 is 17.3 Å². The largest absolute Gasteiger partial charge is 0.464 e. The van der Waals surface area contributed by atoms with Gasteiger partial charge in [-0.15, -0.1) is 0 Å². The van der Waals surface area contributed by atoms with Crippen molar-refractivity contribution in [2.24, 2.45) is 0 Å². The van der Waals surface area contributed by atoms with Gasteiger partial charge in [-0.2, -0.15) is 5.26 Å². The van der Waals surface area contributed by atoms with E-state index in [1.807, 2.05) is 44.2 Å². The normalized spacial score (nSPS) is 10.3. The van der Waals surface area contributed by atoms with Crippen LogP contribution in [0.4, 0.5) is 11.4 Å². The first kappa shape index (κ1) is 15.4. The minimum Gasteiger partial charge on any atom is -0.464 e. The first-order valence-electron chi connectivity index (χ1n) is 6.84. The predicted molar refractivity (Wildman–Crippen MR) is 85.0 cm³/mol. The minimum absolute atomic E-state index is 0.119. The molecule has 0 amide bonds. The minimum atomic E-state index is -0.585. The molecule has 0 radical (unpaired) electrons. The fourth-order valence-corrected chi connectivity index (χ4v) is 2.22. The van der Waals surface area contributed by atoms with Crippen LogP contribution in [-0.2, 0) is 4.74 Å². The maximum absolute atomic E-state index is 12.0. The zero-order valence-corrected chi connectivity index (χ0v) is 12.8. The number of nitriles is 1. The third kappa shape index (κ3) is 2.74. The number of anilines is 2. The smallest absolute Gasteiger partial charge is 0.357 e. The third-order valence-corrected chi connectivity index (χ3v) is 3.15. The Kier molecular flexibility index (Phi) is 4.37. The molecule has 3 N–H and O–H groups in total. The van der Waals surface area contributed by atoms with Crippen LogP contribution in [-0.4, -0.2) is 23.7 Å². The lowest BCUT2D eigenvalue weighted by atomic mass is 10.2. The van der Waals surface area contributed by atoms with E-state index in [1.165, 1.54) is 7.11 Å². The standard InChI is InChI=1S/C16H18N4O2/c1-10(2)19-12-6-4-5-7-13(12)20-9-11(8-17)14(18)15(20)16(21)22-3/h4-7,9-10,19H,18H2,1-3H3. The average molecular weight is 298 g/mol. The number of benzene rings is 1. The number of hydrogen-bond donors (Lipinski definition) is 2. The van der Waals surface area contributed by atoms with E-state index in [2.05, 4.69) is 5.32 Å². The number of para-hydroxylation sites is 2. The molecule has 114 valence electrons. The second-order valence-electron chi connectivity index (χ2n) is 5.09. The van der Waals surface area contributed by atoms with E-state index in [0.29, 0.717) is 0 Å². The summed E-state index contributed by atoms with van der Waals surface area (Å²) in [6.45, 7) is 4.03. The number of nitrogen functional groups attached to an aromatic ring is 1. The van der Waals surface area contributed by atoms with E-state index in [1.54, 1.807) is 10.8 Å². The van der Waals surface area contributed by atoms with Crippen molar-refractivity contribution in [1.29, 1.82) is 5.26 Å². The van der Waals surface area contributed by atoms with Gasteiger partial charge in [0.1, 0.15) is 6.07 Å². The number of esters is 1. The molecular weight excluding hydrogens is 280 g/mol. The van der Waals surface area contributed by atoms with Crippen molar-refractivity contribution in [2.75, 3.05) is 18.2 Å². The Bertz CT molecular complexity index is 741. The first-order valence-corrected chi connectivity index (χ1v) is 6.84. The Balaban J connectivity index is 2.68. The summed E-state index contributed by atoms with van der Waals surface area (Å²) in [4.78, 5) is 12.0. The topological polar surface area (TPSA) is 93.1 Å². The molecule has 0 aliphatic heterocycles. The number of carbonyl (C=O) groups excluding carboxylic acids is 1. The molecule has 0 aliphatic rings. The molecule has 1 aromatic carbocycles. The number of methoxy groups -OCH3 is 1. The van der Waals surface area contributed by atoms with E-state index in [-0.39, 0.29) is 23.0 Å². The summed E-state index contributed by atoms with van der Waals surface area (Å²) in [5.41, 5.74) is 7.98. The molecule has 0 atom stereocenters.